The Morgan fingerprint density at radius 2 is 2.14 bits per heavy atom. The molecular weight excluding hydrogens is 286 g/mol. The van der Waals surface area contributed by atoms with Crippen LogP contribution in [0, 0.1) is 5.92 Å². The number of pyridine rings is 1. The predicted octanol–water partition coefficient (Wildman–Crippen LogP) is 1.22. The molecule has 0 bridgehead atoms. The topological polar surface area (TPSA) is 62.3 Å². The summed E-state index contributed by atoms with van der Waals surface area (Å²) in [6.45, 7) is 2.31. The summed E-state index contributed by atoms with van der Waals surface area (Å²) in [5, 5.41) is 4.91. The summed E-state index contributed by atoms with van der Waals surface area (Å²) < 4.78 is 27.8. The first-order chi connectivity index (χ1) is 10.2. The molecule has 2 aliphatic heterocycles. The van der Waals surface area contributed by atoms with Gasteiger partial charge in [-0.05, 0) is 31.0 Å². The summed E-state index contributed by atoms with van der Waals surface area (Å²) in [4.78, 5) is 4.47. The minimum Gasteiger partial charge on any atom is -0.315 e. The van der Waals surface area contributed by atoms with Crippen LogP contribution in [0.15, 0.2) is 41.6 Å². The molecule has 1 aromatic carbocycles. The molecule has 1 N–H and O–H groups in total. The van der Waals surface area contributed by atoms with Crippen LogP contribution < -0.4 is 5.32 Å². The zero-order valence-electron chi connectivity index (χ0n) is 11.6. The SMILES string of the molecule is O=S(=O)(c1cccc2cnccc12)N1CC[C@H]2CNC[C@H]21. The van der Waals surface area contributed by atoms with E-state index in [4.69, 9.17) is 0 Å². The Balaban J connectivity index is 1.84. The van der Waals surface area contributed by atoms with Crippen molar-refractivity contribution in [1.29, 1.82) is 0 Å². The Kier molecular flexibility index (Phi) is 2.99. The standard InChI is InChI=1S/C15H17N3O2S/c19-21(20,18-7-5-12-9-17-10-14(12)18)15-3-1-2-11-8-16-6-4-13(11)15/h1-4,6,8,12,14,17H,5,7,9-10H2/t12-,14+/m0/s1. The highest BCUT2D eigenvalue weighted by atomic mass is 32.2. The summed E-state index contributed by atoms with van der Waals surface area (Å²) in [5.74, 6) is 0.455. The van der Waals surface area contributed by atoms with E-state index < -0.39 is 10.0 Å². The normalized spacial score (nSPS) is 26.3. The minimum atomic E-state index is -3.45. The van der Waals surface area contributed by atoms with Crippen molar-refractivity contribution in [2.45, 2.75) is 17.4 Å². The highest BCUT2D eigenvalue weighted by Gasteiger charge is 2.44. The maximum absolute atomic E-state index is 13.1. The van der Waals surface area contributed by atoms with Crippen LogP contribution in [0.5, 0.6) is 0 Å². The van der Waals surface area contributed by atoms with Gasteiger partial charge in [-0.25, -0.2) is 8.42 Å². The van der Waals surface area contributed by atoms with Gasteiger partial charge in [-0.3, -0.25) is 4.98 Å². The number of rotatable bonds is 2. The van der Waals surface area contributed by atoms with E-state index in [1.165, 1.54) is 0 Å². The molecule has 2 saturated heterocycles. The molecule has 5 nitrogen and oxygen atoms in total. The summed E-state index contributed by atoms with van der Waals surface area (Å²) in [7, 11) is -3.45. The van der Waals surface area contributed by atoms with Gasteiger partial charge in [-0.2, -0.15) is 4.31 Å². The van der Waals surface area contributed by atoms with Gasteiger partial charge in [0.05, 0.1) is 4.90 Å². The van der Waals surface area contributed by atoms with E-state index in [1.807, 2.05) is 6.07 Å². The molecular formula is C15H17N3O2S. The second kappa shape index (κ2) is 4.76. The van der Waals surface area contributed by atoms with Crippen LogP contribution in [-0.4, -0.2) is 43.4 Å². The van der Waals surface area contributed by atoms with E-state index in [0.717, 1.165) is 30.3 Å². The lowest BCUT2D eigenvalue weighted by molar-refractivity contribution is 0.383. The first kappa shape index (κ1) is 13.2. The summed E-state index contributed by atoms with van der Waals surface area (Å²) in [6.07, 6.45) is 4.30. The van der Waals surface area contributed by atoms with E-state index >= 15 is 0 Å². The van der Waals surface area contributed by atoms with Gasteiger partial charge in [-0.15, -0.1) is 0 Å². The van der Waals surface area contributed by atoms with Gasteiger partial charge >= 0.3 is 0 Å². The number of hydrogen-bond acceptors (Lipinski definition) is 4. The quantitative estimate of drug-likeness (QED) is 0.906. The fourth-order valence-corrected chi connectivity index (χ4v) is 5.47. The van der Waals surface area contributed by atoms with Gasteiger partial charge in [0.2, 0.25) is 10.0 Å². The van der Waals surface area contributed by atoms with Gasteiger partial charge in [0.1, 0.15) is 0 Å². The van der Waals surface area contributed by atoms with Crippen molar-refractivity contribution in [3.8, 4) is 0 Å². The van der Waals surface area contributed by atoms with Crippen LogP contribution in [0.25, 0.3) is 10.8 Å². The number of sulfonamides is 1. The molecule has 0 amide bonds. The molecule has 0 spiro atoms. The lowest BCUT2D eigenvalue weighted by Crippen LogP contribution is -2.39. The monoisotopic (exact) mass is 303 g/mol. The third-order valence-electron chi connectivity index (χ3n) is 4.62. The van der Waals surface area contributed by atoms with E-state index in [2.05, 4.69) is 10.3 Å². The molecule has 6 heteroatoms. The van der Waals surface area contributed by atoms with Crippen LogP contribution in [0.4, 0.5) is 0 Å². The molecule has 2 aromatic rings. The lowest BCUT2D eigenvalue weighted by atomic mass is 10.1. The molecule has 2 fully saturated rings. The van der Waals surface area contributed by atoms with Crippen molar-refractivity contribution in [3.63, 3.8) is 0 Å². The molecule has 1 aromatic heterocycles. The number of hydrogen-bond donors (Lipinski definition) is 1. The first-order valence-electron chi connectivity index (χ1n) is 7.23. The second-order valence-corrected chi connectivity index (χ2v) is 7.60. The number of nitrogens with zero attached hydrogens (tertiary/aromatic N) is 2. The summed E-state index contributed by atoms with van der Waals surface area (Å²) >= 11 is 0. The molecule has 0 saturated carbocycles. The Morgan fingerprint density at radius 3 is 3.05 bits per heavy atom. The number of nitrogens with one attached hydrogen (secondary N) is 1. The van der Waals surface area contributed by atoms with Crippen LogP contribution in [0.3, 0.4) is 0 Å². The largest absolute Gasteiger partial charge is 0.315 e. The second-order valence-electron chi connectivity index (χ2n) is 5.74. The van der Waals surface area contributed by atoms with Crippen LogP contribution in [-0.2, 0) is 10.0 Å². The van der Waals surface area contributed by atoms with E-state index in [0.29, 0.717) is 17.4 Å². The molecule has 2 atom stereocenters. The maximum Gasteiger partial charge on any atom is 0.243 e. The summed E-state index contributed by atoms with van der Waals surface area (Å²) in [5.41, 5.74) is 0. The highest BCUT2D eigenvalue weighted by molar-refractivity contribution is 7.89. The minimum absolute atomic E-state index is 0.104. The van der Waals surface area contributed by atoms with Crippen LogP contribution in [0.2, 0.25) is 0 Å². The maximum atomic E-state index is 13.1. The Hall–Kier alpha value is -1.50. The first-order valence-corrected chi connectivity index (χ1v) is 8.67. The molecule has 0 aliphatic carbocycles. The van der Waals surface area contributed by atoms with Gasteiger partial charge in [0.25, 0.3) is 0 Å². The molecule has 3 heterocycles. The average molecular weight is 303 g/mol. The van der Waals surface area contributed by atoms with Crippen LogP contribution >= 0.6 is 0 Å². The van der Waals surface area contributed by atoms with Crippen molar-refractivity contribution in [3.05, 3.63) is 36.7 Å². The lowest BCUT2D eigenvalue weighted by Gasteiger charge is -2.23. The number of aromatic nitrogens is 1. The van der Waals surface area contributed by atoms with Crippen molar-refractivity contribution >= 4 is 20.8 Å². The van der Waals surface area contributed by atoms with Gasteiger partial charge in [-0.1, -0.05) is 12.1 Å². The third-order valence-corrected chi connectivity index (χ3v) is 6.60. The molecule has 0 radical (unpaired) electrons. The van der Waals surface area contributed by atoms with Gasteiger partial charge < -0.3 is 5.32 Å². The zero-order valence-corrected chi connectivity index (χ0v) is 12.4. The fraction of sp³-hybridized carbons (Fsp3) is 0.400. The fourth-order valence-electron chi connectivity index (χ4n) is 3.55. The number of benzene rings is 1. The zero-order chi connectivity index (χ0) is 14.4. The van der Waals surface area contributed by atoms with Gasteiger partial charge in [0.15, 0.2) is 0 Å². The van der Waals surface area contributed by atoms with Crippen molar-refractivity contribution in [1.82, 2.24) is 14.6 Å². The summed E-state index contributed by atoms with van der Waals surface area (Å²) in [6, 6.07) is 7.27. The molecule has 0 unspecified atom stereocenters. The Morgan fingerprint density at radius 1 is 1.24 bits per heavy atom. The molecule has 4 rings (SSSR count). The predicted molar refractivity (Wildman–Crippen MR) is 80.4 cm³/mol. The van der Waals surface area contributed by atoms with Crippen LogP contribution in [0.1, 0.15) is 6.42 Å². The number of fused-ring (bicyclic) bond motifs is 2. The van der Waals surface area contributed by atoms with Gasteiger partial charge in [0, 0.05) is 42.3 Å². The molecule has 2 aliphatic rings. The van der Waals surface area contributed by atoms with Crippen molar-refractivity contribution in [2.75, 3.05) is 19.6 Å². The Labute approximate surface area is 124 Å². The van der Waals surface area contributed by atoms with E-state index in [1.54, 1.807) is 34.9 Å². The molecule has 21 heavy (non-hydrogen) atoms. The molecule has 110 valence electrons. The van der Waals surface area contributed by atoms with E-state index in [9.17, 15) is 8.42 Å². The van der Waals surface area contributed by atoms with E-state index in [-0.39, 0.29) is 6.04 Å². The highest BCUT2D eigenvalue weighted by Crippen LogP contribution is 2.34. The van der Waals surface area contributed by atoms with Crippen molar-refractivity contribution < 1.29 is 8.42 Å². The third kappa shape index (κ3) is 1.97. The average Bonchev–Trinajstić information content (AvgIpc) is 3.09. The Bertz CT molecular complexity index is 785. The smallest absolute Gasteiger partial charge is 0.243 e. The van der Waals surface area contributed by atoms with Crippen molar-refractivity contribution in [2.24, 2.45) is 5.92 Å².